The van der Waals surface area contributed by atoms with Gasteiger partial charge < -0.3 is 0 Å². The van der Waals surface area contributed by atoms with Gasteiger partial charge in [-0.15, -0.1) is 10.2 Å². The maximum absolute atomic E-state index is 10.7. The van der Waals surface area contributed by atoms with Crippen molar-refractivity contribution in [2.45, 2.75) is 24.9 Å². The first-order chi connectivity index (χ1) is 10.2. The van der Waals surface area contributed by atoms with Gasteiger partial charge in [-0.25, -0.2) is 4.68 Å². The molecule has 1 aliphatic heterocycles. The van der Waals surface area contributed by atoms with E-state index < -0.39 is 4.92 Å². The number of hydrogen-bond acceptors (Lipinski definition) is 6. The van der Waals surface area contributed by atoms with Crippen molar-refractivity contribution in [3.63, 3.8) is 0 Å². The van der Waals surface area contributed by atoms with E-state index in [1.54, 1.807) is 12.1 Å². The van der Waals surface area contributed by atoms with Crippen LogP contribution in [0.3, 0.4) is 0 Å². The molecule has 0 amide bonds. The fraction of sp³-hybridized carbons (Fsp3) is 0.231. The summed E-state index contributed by atoms with van der Waals surface area (Å²) in [6.45, 7) is 2.09. The van der Waals surface area contributed by atoms with Gasteiger partial charge in [-0.3, -0.25) is 15.5 Å². The topological polar surface area (TPSA) is 85.9 Å². The number of fused-ring (bicyclic) bond motifs is 1. The Labute approximate surface area is 125 Å². The fourth-order valence-electron chi connectivity index (χ4n) is 2.03. The number of hydrogen-bond donors (Lipinski definition) is 1. The molecule has 8 heteroatoms. The molecule has 2 heterocycles. The highest BCUT2D eigenvalue weighted by atomic mass is 32.2. The van der Waals surface area contributed by atoms with E-state index in [0.29, 0.717) is 0 Å². The van der Waals surface area contributed by atoms with Gasteiger partial charge in [0.2, 0.25) is 5.16 Å². The van der Waals surface area contributed by atoms with Crippen molar-refractivity contribution in [2.75, 3.05) is 5.43 Å². The number of thioether (sulfide) groups is 1. The van der Waals surface area contributed by atoms with Crippen molar-refractivity contribution in [3.8, 4) is 0 Å². The van der Waals surface area contributed by atoms with Crippen LogP contribution in [0.5, 0.6) is 0 Å². The SMILES string of the molecule is CCCc1nnc2n1NC(c1ccc([N+](=O)[O-])cc1)=CS2. The molecule has 0 aliphatic carbocycles. The molecule has 0 saturated heterocycles. The second-order valence-corrected chi connectivity index (χ2v) is 5.39. The van der Waals surface area contributed by atoms with Crippen LogP contribution in [-0.2, 0) is 6.42 Å². The number of nitro groups is 1. The smallest absolute Gasteiger partial charge is 0.269 e. The highest BCUT2D eigenvalue weighted by molar-refractivity contribution is 8.02. The van der Waals surface area contributed by atoms with Crippen molar-refractivity contribution in [1.29, 1.82) is 0 Å². The lowest BCUT2D eigenvalue weighted by Crippen LogP contribution is -2.19. The van der Waals surface area contributed by atoms with Gasteiger partial charge in [0.05, 0.1) is 10.6 Å². The maximum Gasteiger partial charge on any atom is 0.269 e. The van der Waals surface area contributed by atoms with Crippen LogP contribution in [0.2, 0.25) is 0 Å². The lowest BCUT2D eigenvalue weighted by molar-refractivity contribution is -0.384. The number of rotatable bonds is 4. The van der Waals surface area contributed by atoms with E-state index in [1.807, 2.05) is 10.1 Å². The van der Waals surface area contributed by atoms with Crippen molar-refractivity contribution >= 4 is 23.1 Å². The minimum atomic E-state index is -0.404. The average Bonchev–Trinajstić information content (AvgIpc) is 2.90. The van der Waals surface area contributed by atoms with Gasteiger partial charge >= 0.3 is 0 Å². The highest BCUT2D eigenvalue weighted by Crippen LogP contribution is 2.29. The zero-order chi connectivity index (χ0) is 14.8. The molecule has 0 atom stereocenters. The van der Waals surface area contributed by atoms with Crippen molar-refractivity contribution in [1.82, 2.24) is 14.9 Å². The van der Waals surface area contributed by atoms with E-state index in [2.05, 4.69) is 22.5 Å². The molecule has 0 bridgehead atoms. The predicted molar refractivity (Wildman–Crippen MR) is 80.3 cm³/mol. The summed E-state index contributed by atoms with van der Waals surface area (Å²) in [5.41, 5.74) is 5.10. The van der Waals surface area contributed by atoms with Crippen LogP contribution in [0.1, 0.15) is 24.7 Å². The standard InChI is InChI=1S/C13H13N5O2S/c1-2-3-12-14-15-13-17(12)16-11(8-21-13)9-4-6-10(7-5-9)18(19)20/h4-8,16H,2-3H2,1H3. The Morgan fingerprint density at radius 2 is 2.10 bits per heavy atom. The minimum absolute atomic E-state index is 0.0828. The quantitative estimate of drug-likeness (QED) is 0.690. The van der Waals surface area contributed by atoms with Crippen LogP contribution < -0.4 is 5.43 Å². The number of non-ortho nitro benzene ring substituents is 1. The van der Waals surface area contributed by atoms with Gasteiger partial charge in [0, 0.05) is 29.5 Å². The second kappa shape index (κ2) is 5.57. The van der Waals surface area contributed by atoms with Gasteiger partial charge in [-0.05, 0) is 18.6 Å². The second-order valence-electron chi connectivity index (χ2n) is 4.55. The number of nitrogens with zero attached hydrogens (tertiary/aromatic N) is 4. The molecule has 1 N–H and O–H groups in total. The summed E-state index contributed by atoms with van der Waals surface area (Å²) >= 11 is 1.48. The minimum Gasteiger partial charge on any atom is -0.290 e. The van der Waals surface area contributed by atoms with Gasteiger partial charge in [-0.2, -0.15) is 0 Å². The first-order valence-corrected chi connectivity index (χ1v) is 7.40. The predicted octanol–water partition coefficient (Wildman–Crippen LogP) is 2.79. The lowest BCUT2D eigenvalue weighted by atomic mass is 10.1. The molecule has 1 aromatic carbocycles. The molecule has 1 aliphatic rings. The third kappa shape index (κ3) is 2.62. The summed E-state index contributed by atoms with van der Waals surface area (Å²) in [6.07, 6.45) is 1.83. The molecule has 0 unspecified atom stereocenters. The summed E-state index contributed by atoms with van der Waals surface area (Å²) < 4.78 is 1.87. The number of nitrogens with one attached hydrogen (secondary N) is 1. The van der Waals surface area contributed by atoms with E-state index in [0.717, 1.165) is 35.1 Å². The Kier molecular flexibility index (Phi) is 3.61. The molecule has 2 aromatic rings. The van der Waals surface area contributed by atoms with Crippen LogP contribution in [-0.4, -0.2) is 19.8 Å². The van der Waals surface area contributed by atoms with Crippen molar-refractivity contribution in [2.24, 2.45) is 0 Å². The van der Waals surface area contributed by atoms with Gasteiger partial charge in [0.25, 0.3) is 5.69 Å². The molecule has 3 rings (SSSR count). The lowest BCUT2D eigenvalue weighted by Gasteiger charge is -2.18. The van der Waals surface area contributed by atoms with Crippen LogP contribution in [0.25, 0.3) is 5.70 Å². The third-order valence-electron chi connectivity index (χ3n) is 3.08. The zero-order valence-electron chi connectivity index (χ0n) is 11.3. The molecule has 1 aromatic heterocycles. The van der Waals surface area contributed by atoms with Crippen molar-refractivity contribution in [3.05, 3.63) is 51.2 Å². The average molecular weight is 303 g/mol. The number of benzene rings is 1. The fourth-order valence-corrected chi connectivity index (χ4v) is 2.78. The summed E-state index contributed by atoms with van der Waals surface area (Å²) in [5.74, 6) is 0.882. The summed E-state index contributed by atoms with van der Waals surface area (Å²) in [7, 11) is 0. The zero-order valence-corrected chi connectivity index (χ0v) is 12.1. The maximum atomic E-state index is 10.7. The first kappa shape index (κ1) is 13.6. The Morgan fingerprint density at radius 3 is 2.76 bits per heavy atom. The Balaban J connectivity index is 1.85. The third-order valence-corrected chi connectivity index (χ3v) is 3.91. The largest absolute Gasteiger partial charge is 0.290 e. The van der Waals surface area contributed by atoms with Gasteiger partial charge in [0.1, 0.15) is 0 Å². The summed E-state index contributed by atoms with van der Waals surface area (Å²) in [6, 6.07) is 6.45. The molecular weight excluding hydrogens is 290 g/mol. The number of aryl methyl sites for hydroxylation is 1. The Morgan fingerprint density at radius 1 is 1.33 bits per heavy atom. The molecule has 108 valence electrons. The molecule has 0 spiro atoms. The van der Waals surface area contributed by atoms with E-state index in [4.69, 9.17) is 0 Å². The van der Waals surface area contributed by atoms with E-state index in [9.17, 15) is 10.1 Å². The molecule has 0 fully saturated rings. The Hall–Kier alpha value is -2.35. The van der Waals surface area contributed by atoms with E-state index >= 15 is 0 Å². The van der Waals surface area contributed by atoms with Crippen LogP contribution in [0.4, 0.5) is 5.69 Å². The number of nitro benzene ring substituents is 1. The Bertz CT molecular complexity index is 708. The van der Waals surface area contributed by atoms with Crippen LogP contribution >= 0.6 is 11.8 Å². The van der Waals surface area contributed by atoms with Crippen molar-refractivity contribution < 1.29 is 4.92 Å². The molecular formula is C13H13N5O2S. The van der Waals surface area contributed by atoms with Gasteiger partial charge in [0.15, 0.2) is 5.82 Å². The number of aromatic nitrogens is 3. The van der Waals surface area contributed by atoms with Gasteiger partial charge in [-0.1, -0.05) is 18.7 Å². The molecule has 0 saturated carbocycles. The summed E-state index contributed by atoms with van der Waals surface area (Å²) in [4.78, 5) is 10.3. The van der Waals surface area contributed by atoms with Crippen LogP contribution in [0, 0.1) is 10.1 Å². The highest BCUT2D eigenvalue weighted by Gasteiger charge is 2.18. The van der Waals surface area contributed by atoms with E-state index in [-0.39, 0.29) is 5.69 Å². The molecule has 7 nitrogen and oxygen atoms in total. The molecule has 0 radical (unpaired) electrons. The van der Waals surface area contributed by atoms with E-state index in [1.165, 1.54) is 23.9 Å². The van der Waals surface area contributed by atoms with Crippen LogP contribution in [0.15, 0.2) is 34.8 Å². The molecule has 21 heavy (non-hydrogen) atoms. The first-order valence-electron chi connectivity index (χ1n) is 6.52. The normalized spacial score (nSPS) is 13.3. The summed E-state index contributed by atoms with van der Waals surface area (Å²) in [5, 5.41) is 21.7. The monoisotopic (exact) mass is 303 g/mol.